The lowest BCUT2D eigenvalue weighted by molar-refractivity contribution is -0.0138. The van der Waals surface area contributed by atoms with Crippen molar-refractivity contribution < 1.29 is 28.4 Å². The summed E-state index contributed by atoms with van der Waals surface area (Å²) in [5.41, 5.74) is 0. The van der Waals surface area contributed by atoms with E-state index in [9.17, 15) is 0 Å². The Labute approximate surface area is 153 Å². The van der Waals surface area contributed by atoms with Crippen LogP contribution >= 0.6 is 0 Å². The Morgan fingerprint density at radius 1 is 0.520 bits per heavy atom. The third kappa shape index (κ3) is 23.3. The highest BCUT2D eigenvalue weighted by Crippen LogP contribution is 2.02. The first-order chi connectivity index (χ1) is 12.4. The second kappa shape index (κ2) is 23.3. The molecule has 0 aromatic heterocycles. The van der Waals surface area contributed by atoms with Gasteiger partial charge in [-0.15, -0.1) is 0 Å². The molecule has 0 atom stereocenters. The number of ether oxygens (including phenoxy) is 6. The van der Waals surface area contributed by atoms with Crippen LogP contribution in [0, 0.1) is 0 Å². The Kier molecular flexibility index (Phi) is 22.7. The van der Waals surface area contributed by atoms with Crippen LogP contribution in [0.4, 0.5) is 0 Å². The maximum Gasteiger partial charge on any atom is 0.111 e. The van der Waals surface area contributed by atoms with E-state index in [1.165, 1.54) is 31.9 Å². The van der Waals surface area contributed by atoms with Crippen molar-refractivity contribution in [1.82, 2.24) is 0 Å². The lowest BCUT2D eigenvalue weighted by atomic mass is 10.2. The molecule has 0 fully saturated rings. The predicted octanol–water partition coefficient (Wildman–Crippen LogP) is 3.20. The van der Waals surface area contributed by atoms with E-state index in [-0.39, 0.29) is 0 Å². The van der Waals surface area contributed by atoms with Crippen LogP contribution in [0.15, 0.2) is 12.8 Å². The van der Waals surface area contributed by atoms with Gasteiger partial charge in [-0.05, 0) is 6.42 Å². The Hall–Kier alpha value is -0.660. The number of hydrogen-bond donors (Lipinski definition) is 0. The minimum atomic E-state index is 0.524. The summed E-state index contributed by atoms with van der Waals surface area (Å²) >= 11 is 0. The van der Waals surface area contributed by atoms with E-state index in [2.05, 4.69) is 13.5 Å². The second-order valence-electron chi connectivity index (χ2n) is 5.51. The van der Waals surface area contributed by atoms with Crippen molar-refractivity contribution in [2.75, 3.05) is 72.7 Å². The largest absolute Gasteiger partial charge is 0.499 e. The van der Waals surface area contributed by atoms with E-state index in [0.29, 0.717) is 66.1 Å². The first-order valence-electron chi connectivity index (χ1n) is 9.53. The van der Waals surface area contributed by atoms with Crippen LogP contribution in [0.25, 0.3) is 0 Å². The second-order valence-corrected chi connectivity index (χ2v) is 5.51. The summed E-state index contributed by atoms with van der Waals surface area (Å²) in [7, 11) is 0. The molecule has 0 rings (SSSR count). The Balaban J connectivity index is 2.95. The smallest absolute Gasteiger partial charge is 0.111 e. The maximum atomic E-state index is 5.52. The van der Waals surface area contributed by atoms with Crippen LogP contribution in [0.5, 0.6) is 0 Å². The zero-order valence-corrected chi connectivity index (χ0v) is 16.0. The molecule has 6 heteroatoms. The fraction of sp³-hybridized carbons (Fsp3) is 0.895. The molecule has 0 bridgehead atoms. The van der Waals surface area contributed by atoms with Crippen LogP contribution in [0.2, 0.25) is 0 Å². The Morgan fingerprint density at radius 2 is 0.920 bits per heavy atom. The third-order valence-corrected chi connectivity index (χ3v) is 3.34. The van der Waals surface area contributed by atoms with Crippen molar-refractivity contribution in [1.29, 1.82) is 0 Å². The van der Waals surface area contributed by atoms with E-state index >= 15 is 0 Å². The Bertz CT molecular complexity index is 250. The van der Waals surface area contributed by atoms with Crippen LogP contribution in [0.1, 0.15) is 39.0 Å². The number of unbranched alkanes of at least 4 members (excludes halogenated alkanes) is 4. The minimum absolute atomic E-state index is 0.524. The maximum absolute atomic E-state index is 5.52. The average Bonchev–Trinajstić information content (AvgIpc) is 2.63. The SMILES string of the molecule is C=COCCOCCOCCOCCOCCOCCCCCCC. The van der Waals surface area contributed by atoms with Gasteiger partial charge >= 0.3 is 0 Å². The lowest BCUT2D eigenvalue weighted by Crippen LogP contribution is -2.13. The third-order valence-electron chi connectivity index (χ3n) is 3.34. The molecule has 0 amide bonds. The van der Waals surface area contributed by atoms with E-state index in [1.807, 2.05) is 0 Å². The molecule has 0 aliphatic heterocycles. The summed E-state index contributed by atoms with van der Waals surface area (Å²) in [5, 5.41) is 0. The number of hydrogen-bond acceptors (Lipinski definition) is 6. The van der Waals surface area contributed by atoms with Crippen molar-refractivity contribution in [3.63, 3.8) is 0 Å². The topological polar surface area (TPSA) is 55.4 Å². The molecule has 0 unspecified atom stereocenters. The molecule has 0 spiro atoms. The molecule has 0 aliphatic carbocycles. The standard InChI is InChI=1S/C19H38O6/c1-3-5-6-7-8-9-21-12-13-23-16-17-25-19-18-24-15-14-22-11-10-20-4-2/h4H,2-3,5-19H2,1H3. The summed E-state index contributed by atoms with van der Waals surface area (Å²) in [6, 6.07) is 0. The van der Waals surface area contributed by atoms with Gasteiger partial charge in [0.2, 0.25) is 0 Å². The molecule has 0 saturated heterocycles. The molecule has 0 aromatic carbocycles. The molecular formula is C19H38O6. The summed E-state index contributed by atoms with van der Waals surface area (Å²) in [5.74, 6) is 0. The van der Waals surface area contributed by atoms with Crippen molar-refractivity contribution in [3.8, 4) is 0 Å². The quantitative estimate of drug-likeness (QED) is 0.218. The van der Waals surface area contributed by atoms with Gasteiger partial charge in [-0.3, -0.25) is 0 Å². The van der Waals surface area contributed by atoms with E-state index < -0.39 is 0 Å². The highest BCUT2D eigenvalue weighted by Gasteiger charge is 1.94. The van der Waals surface area contributed by atoms with E-state index in [0.717, 1.165) is 13.0 Å². The van der Waals surface area contributed by atoms with Crippen LogP contribution in [0.3, 0.4) is 0 Å². The first kappa shape index (κ1) is 24.3. The van der Waals surface area contributed by atoms with Gasteiger partial charge in [0.1, 0.15) is 6.61 Å². The normalized spacial score (nSPS) is 10.9. The summed E-state index contributed by atoms with van der Waals surface area (Å²) in [4.78, 5) is 0. The monoisotopic (exact) mass is 362 g/mol. The van der Waals surface area contributed by atoms with Crippen molar-refractivity contribution in [3.05, 3.63) is 12.8 Å². The van der Waals surface area contributed by atoms with Crippen molar-refractivity contribution in [2.45, 2.75) is 39.0 Å². The fourth-order valence-electron chi connectivity index (χ4n) is 1.98. The molecule has 25 heavy (non-hydrogen) atoms. The molecule has 6 nitrogen and oxygen atoms in total. The molecule has 0 heterocycles. The molecule has 0 saturated carbocycles. The van der Waals surface area contributed by atoms with Gasteiger partial charge in [0.15, 0.2) is 0 Å². The lowest BCUT2D eigenvalue weighted by Gasteiger charge is -2.08. The highest BCUT2D eigenvalue weighted by molar-refractivity contribution is 4.47. The van der Waals surface area contributed by atoms with Gasteiger partial charge in [0.05, 0.1) is 65.7 Å². The molecular weight excluding hydrogens is 324 g/mol. The zero-order chi connectivity index (χ0) is 18.3. The van der Waals surface area contributed by atoms with Gasteiger partial charge in [0, 0.05) is 6.61 Å². The van der Waals surface area contributed by atoms with Gasteiger partial charge < -0.3 is 28.4 Å². The van der Waals surface area contributed by atoms with Gasteiger partial charge in [-0.2, -0.15) is 0 Å². The zero-order valence-electron chi connectivity index (χ0n) is 16.0. The minimum Gasteiger partial charge on any atom is -0.499 e. The first-order valence-corrected chi connectivity index (χ1v) is 9.53. The summed E-state index contributed by atoms with van der Waals surface area (Å²) in [6.45, 7) is 12.3. The summed E-state index contributed by atoms with van der Waals surface area (Å²) < 4.78 is 32.0. The van der Waals surface area contributed by atoms with Gasteiger partial charge in [0.25, 0.3) is 0 Å². The highest BCUT2D eigenvalue weighted by atomic mass is 16.6. The van der Waals surface area contributed by atoms with Crippen molar-refractivity contribution >= 4 is 0 Å². The Morgan fingerprint density at radius 3 is 1.36 bits per heavy atom. The molecule has 150 valence electrons. The molecule has 0 aliphatic rings. The summed E-state index contributed by atoms with van der Waals surface area (Å²) in [6.07, 6.45) is 7.74. The van der Waals surface area contributed by atoms with Crippen LogP contribution in [-0.4, -0.2) is 72.7 Å². The molecule has 0 N–H and O–H groups in total. The van der Waals surface area contributed by atoms with Crippen LogP contribution < -0.4 is 0 Å². The number of rotatable bonds is 22. The van der Waals surface area contributed by atoms with Crippen molar-refractivity contribution in [2.24, 2.45) is 0 Å². The van der Waals surface area contributed by atoms with Gasteiger partial charge in [-0.25, -0.2) is 0 Å². The molecule has 0 radical (unpaired) electrons. The van der Waals surface area contributed by atoms with Crippen LogP contribution in [-0.2, 0) is 28.4 Å². The van der Waals surface area contributed by atoms with E-state index in [1.54, 1.807) is 0 Å². The average molecular weight is 363 g/mol. The predicted molar refractivity (Wildman–Crippen MR) is 99.0 cm³/mol. The van der Waals surface area contributed by atoms with Gasteiger partial charge in [-0.1, -0.05) is 39.2 Å². The van der Waals surface area contributed by atoms with E-state index in [4.69, 9.17) is 28.4 Å². The fourth-order valence-corrected chi connectivity index (χ4v) is 1.98. The molecule has 0 aromatic rings.